The summed E-state index contributed by atoms with van der Waals surface area (Å²) in [5.74, 6) is -0.0763. The lowest BCUT2D eigenvalue weighted by molar-refractivity contribution is 0.0925. The number of carbonyl (C=O) groups is 2. The largest absolute Gasteiger partial charge is 0.497 e. The van der Waals surface area contributed by atoms with Gasteiger partial charge in [-0.15, -0.1) is 11.8 Å². The number of imide groups is 1. The van der Waals surface area contributed by atoms with Crippen molar-refractivity contribution in [2.45, 2.75) is 11.9 Å². The van der Waals surface area contributed by atoms with E-state index in [4.69, 9.17) is 4.74 Å². The van der Waals surface area contributed by atoms with E-state index in [0.717, 1.165) is 5.69 Å². The molecule has 0 spiro atoms. The Morgan fingerprint density at radius 1 is 1.18 bits per heavy atom. The van der Waals surface area contributed by atoms with Crippen molar-refractivity contribution in [2.24, 2.45) is 0 Å². The zero-order valence-electron chi connectivity index (χ0n) is 12.4. The lowest BCUT2D eigenvalue weighted by Gasteiger charge is -2.14. The summed E-state index contributed by atoms with van der Waals surface area (Å²) in [6.45, 7) is 1.81. The molecular weight excluding hydrogens is 300 g/mol. The fourth-order valence-corrected chi connectivity index (χ4v) is 3.11. The SMILES string of the molecule is COc1cccc(N2C(=O)c3cc(C)nc(SC)c3C2=O)c1. The van der Waals surface area contributed by atoms with Gasteiger partial charge in [-0.2, -0.15) is 0 Å². The quantitative estimate of drug-likeness (QED) is 0.644. The minimum atomic E-state index is -0.342. The van der Waals surface area contributed by atoms with Crippen LogP contribution in [0.15, 0.2) is 35.4 Å². The van der Waals surface area contributed by atoms with Crippen molar-refractivity contribution in [2.75, 3.05) is 18.3 Å². The van der Waals surface area contributed by atoms with Gasteiger partial charge in [-0.25, -0.2) is 9.88 Å². The molecule has 6 heteroatoms. The van der Waals surface area contributed by atoms with Gasteiger partial charge < -0.3 is 4.74 Å². The summed E-state index contributed by atoms with van der Waals surface area (Å²) >= 11 is 1.36. The second-order valence-electron chi connectivity index (χ2n) is 4.84. The third-order valence-electron chi connectivity index (χ3n) is 3.47. The van der Waals surface area contributed by atoms with Crippen molar-refractivity contribution in [1.29, 1.82) is 0 Å². The van der Waals surface area contributed by atoms with Crippen LogP contribution in [-0.2, 0) is 0 Å². The molecule has 0 saturated carbocycles. The fourth-order valence-electron chi connectivity index (χ4n) is 2.48. The van der Waals surface area contributed by atoms with E-state index in [-0.39, 0.29) is 11.8 Å². The normalized spacial score (nSPS) is 13.5. The van der Waals surface area contributed by atoms with Crippen LogP contribution in [0.25, 0.3) is 0 Å². The molecule has 3 rings (SSSR count). The van der Waals surface area contributed by atoms with Gasteiger partial charge in [-0.05, 0) is 31.4 Å². The molecule has 0 aliphatic carbocycles. The predicted molar refractivity (Wildman–Crippen MR) is 84.9 cm³/mol. The highest BCUT2D eigenvalue weighted by atomic mass is 32.2. The van der Waals surface area contributed by atoms with Crippen molar-refractivity contribution in [3.63, 3.8) is 0 Å². The van der Waals surface area contributed by atoms with Crippen LogP contribution in [0, 0.1) is 6.92 Å². The van der Waals surface area contributed by atoms with Crippen LogP contribution in [0.2, 0.25) is 0 Å². The van der Waals surface area contributed by atoms with E-state index in [2.05, 4.69) is 4.98 Å². The third kappa shape index (κ3) is 2.16. The molecule has 0 N–H and O–H groups in total. The lowest BCUT2D eigenvalue weighted by Crippen LogP contribution is -2.29. The molecule has 2 amide bonds. The number of pyridine rings is 1. The number of ether oxygens (including phenoxy) is 1. The Kier molecular flexibility index (Phi) is 3.62. The Morgan fingerprint density at radius 3 is 2.64 bits per heavy atom. The molecule has 0 radical (unpaired) electrons. The molecule has 1 aliphatic rings. The molecule has 5 nitrogen and oxygen atoms in total. The number of carbonyl (C=O) groups excluding carboxylic acids is 2. The zero-order valence-corrected chi connectivity index (χ0v) is 13.2. The Balaban J connectivity index is 2.14. The number of methoxy groups -OCH3 is 1. The number of thioether (sulfide) groups is 1. The average molecular weight is 314 g/mol. The third-order valence-corrected chi connectivity index (χ3v) is 4.15. The number of amides is 2. The van der Waals surface area contributed by atoms with Crippen molar-refractivity contribution in [1.82, 2.24) is 4.98 Å². The molecule has 22 heavy (non-hydrogen) atoms. The van der Waals surface area contributed by atoms with Crippen molar-refractivity contribution in [3.05, 3.63) is 47.2 Å². The Labute approximate surface area is 132 Å². The van der Waals surface area contributed by atoms with Crippen LogP contribution in [0.1, 0.15) is 26.4 Å². The first-order chi connectivity index (χ1) is 10.6. The Bertz CT molecular complexity index is 789. The summed E-state index contributed by atoms with van der Waals surface area (Å²) in [7, 11) is 1.54. The number of anilines is 1. The van der Waals surface area contributed by atoms with Crippen LogP contribution in [0.4, 0.5) is 5.69 Å². The number of aryl methyl sites for hydroxylation is 1. The van der Waals surface area contributed by atoms with Crippen molar-refractivity contribution >= 4 is 29.3 Å². The summed E-state index contributed by atoms with van der Waals surface area (Å²) in [6.07, 6.45) is 1.84. The van der Waals surface area contributed by atoms with E-state index in [1.165, 1.54) is 16.7 Å². The molecule has 2 aromatic rings. The first-order valence-electron chi connectivity index (χ1n) is 6.65. The van der Waals surface area contributed by atoms with Crippen LogP contribution in [-0.4, -0.2) is 30.2 Å². The molecule has 112 valence electrons. The van der Waals surface area contributed by atoms with Gasteiger partial charge in [0.25, 0.3) is 11.8 Å². The average Bonchev–Trinajstić information content (AvgIpc) is 2.78. The minimum absolute atomic E-state index is 0.325. The summed E-state index contributed by atoms with van der Waals surface area (Å²) in [6, 6.07) is 8.55. The number of nitrogens with zero attached hydrogens (tertiary/aromatic N) is 2. The van der Waals surface area contributed by atoms with Gasteiger partial charge in [0.2, 0.25) is 0 Å². The maximum atomic E-state index is 12.7. The Morgan fingerprint density at radius 2 is 1.95 bits per heavy atom. The van der Waals surface area contributed by atoms with E-state index < -0.39 is 0 Å². The number of aromatic nitrogens is 1. The van der Waals surface area contributed by atoms with Gasteiger partial charge in [0, 0.05) is 11.8 Å². The molecule has 2 heterocycles. The second kappa shape index (κ2) is 5.46. The first kappa shape index (κ1) is 14.6. The summed E-state index contributed by atoms with van der Waals surface area (Å²) in [4.78, 5) is 30.9. The molecule has 1 aliphatic heterocycles. The first-order valence-corrected chi connectivity index (χ1v) is 7.87. The van der Waals surface area contributed by atoms with E-state index >= 15 is 0 Å². The number of hydrogen-bond acceptors (Lipinski definition) is 5. The molecule has 1 aromatic heterocycles. The second-order valence-corrected chi connectivity index (χ2v) is 5.64. The number of benzene rings is 1. The molecular formula is C16H14N2O3S. The highest BCUT2D eigenvalue weighted by molar-refractivity contribution is 7.98. The smallest absolute Gasteiger partial charge is 0.268 e. The topological polar surface area (TPSA) is 59.5 Å². The molecule has 0 atom stereocenters. The molecule has 0 saturated heterocycles. The van der Waals surface area contributed by atoms with E-state index in [9.17, 15) is 9.59 Å². The van der Waals surface area contributed by atoms with Crippen LogP contribution in [0.5, 0.6) is 5.75 Å². The van der Waals surface area contributed by atoms with Gasteiger partial charge in [-0.3, -0.25) is 9.59 Å². The van der Waals surface area contributed by atoms with E-state index in [1.54, 1.807) is 37.4 Å². The summed E-state index contributed by atoms with van der Waals surface area (Å²) in [5, 5.41) is 0.582. The molecule has 0 unspecified atom stereocenters. The molecule has 1 aromatic carbocycles. The van der Waals surface area contributed by atoms with E-state index in [0.29, 0.717) is 27.6 Å². The fraction of sp³-hybridized carbons (Fsp3) is 0.188. The minimum Gasteiger partial charge on any atom is -0.497 e. The molecule has 0 fully saturated rings. The number of hydrogen-bond donors (Lipinski definition) is 0. The van der Waals surface area contributed by atoms with Crippen LogP contribution >= 0.6 is 11.8 Å². The monoisotopic (exact) mass is 314 g/mol. The van der Waals surface area contributed by atoms with Gasteiger partial charge in [0.1, 0.15) is 10.8 Å². The van der Waals surface area contributed by atoms with Gasteiger partial charge >= 0.3 is 0 Å². The van der Waals surface area contributed by atoms with Crippen molar-refractivity contribution in [3.8, 4) is 5.75 Å². The van der Waals surface area contributed by atoms with Crippen LogP contribution in [0.3, 0.4) is 0 Å². The zero-order chi connectivity index (χ0) is 15.9. The van der Waals surface area contributed by atoms with Gasteiger partial charge in [-0.1, -0.05) is 6.07 Å². The standard InChI is InChI=1S/C16H14N2O3S/c1-9-7-12-13(14(17-9)22-3)16(20)18(15(12)19)10-5-4-6-11(8-10)21-2/h4-8H,1-3H3. The van der Waals surface area contributed by atoms with Gasteiger partial charge in [0.05, 0.1) is 23.9 Å². The predicted octanol–water partition coefficient (Wildman–Crippen LogP) is 2.92. The van der Waals surface area contributed by atoms with Gasteiger partial charge in [0.15, 0.2) is 0 Å². The van der Waals surface area contributed by atoms with E-state index in [1.807, 2.05) is 13.2 Å². The Hall–Kier alpha value is -2.34. The summed E-state index contributed by atoms with van der Waals surface area (Å²) in [5.41, 5.74) is 2.00. The lowest BCUT2D eigenvalue weighted by atomic mass is 10.1. The highest BCUT2D eigenvalue weighted by Gasteiger charge is 2.39. The van der Waals surface area contributed by atoms with Crippen molar-refractivity contribution < 1.29 is 14.3 Å². The number of fused-ring (bicyclic) bond motifs is 1. The maximum absolute atomic E-state index is 12.7. The van der Waals surface area contributed by atoms with Crippen LogP contribution < -0.4 is 9.64 Å². The summed E-state index contributed by atoms with van der Waals surface area (Å²) < 4.78 is 5.16. The molecule has 0 bridgehead atoms. The highest BCUT2D eigenvalue weighted by Crippen LogP contribution is 2.34. The maximum Gasteiger partial charge on any atom is 0.268 e. The number of rotatable bonds is 3.